The van der Waals surface area contributed by atoms with E-state index < -0.39 is 0 Å². The van der Waals surface area contributed by atoms with Gasteiger partial charge in [0.25, 0.3) is 0 Å². The van der Waals surface area contributed by atoms with Gasteiger partial charge >= 0.3 is 0 Å². The molecule has 0 aliphatic heterocycles. The number of likely N-dealkylation sites (N-methyl/N-ethyl adjacent to an activating group) is 1. The summed E-state index contributed by atoms with van der Waals surface area (Å²) < 4.78 is 0. The van der Waals surface area contributed by atoms with E-state index in [4.69, 9.17) is 11.6 Å². The van der Waals surface area contributed by atoms with Crippen LogP contribution < -0.4 is 5.32 Å². The maximum Gasteiger partial charge on any atom is 0.244 e. The van der Waals surface area contributed by atoms with Crippen LogP contribution in [0.4, 0.5) is 5.69 Å². The van der Waals surface area contributed by atoms with E-state index in [0.717, 1.165) is 36.1 Å². The summed E-state index contributed by atoms with van der Waals surface area (Å²) >= 11 is 6.02. The molecule has 1 aromatic carbocycles. The van der Waals surface area contributed by atoms with Crippen molar-refractivity contribution in [1.29, 1.82) is 0 Å². The van der Waals surface area contributed by atoms with E-state index in [9.17, 15) is 4.79 Å². The molecule has 5 heteroatoms. The first-order valence-electron chi connectivity index (χ1n) is 6.62. The van der Waals surface area contributed by atoms with Crippen molar-refractivity contribution in [2.45, 2.75) is 38.6 Å². The Hall–Kier alpha value is 0.0439. The summed E-state index contributed by atoms with van der Waals surface area (Å²) in [6, 6.07) is 3.76. The van der Waals surface area contributed by atoms with Crippen molar-refractivity contribution >= 4 is 23.2 Å². The molecule has 1 fully saturated rings. The summed E-state index contributed by atoms with van der Waals surface area (Å²) in [6.45, 7) is 3.94. The van der Waals surface area contributed by atoms with Gasteiger partial charge < -0.3 is 5.32 Å². The maximum atomic E-state index is 12.6. The van der Waals surface area contributed by atoms with Gasteiger partial charge in [0.1, 0.15) is 5.54 Å². The number of anilines is 1. The van der Waals surface area contributed by atoms with Gasteiger partial charge in [-0.3, -0.25) is 9.69 Å². The molecule has 1 amide bonds. The molecule has 1 aromatic rings. The minimum Gasteiger partial charge on any atom is -0.324 e. The van der Waals surface area contributed by atoms with Gasteiger partial charge in [-0.15, -0.1) is 0 Å². The number of halogens is 1. The molecular weight excluding hydrogens is 349 g/mol. The fraction of sp³-hybridized carbons (Fsp3) is 0.533. The van der Waals surface area contributed by atoms with Crippen molar-refractivity contribution in [2.24, 2.45) is 0 Å². The third kappa shape index (κ3) is 3.27. The molecule has 0 heterocycles. The van der Waals surface area contributed by atoms with Gasteiger partial charge in [-0.25, -0.2) is 0 Å². The Morgan fingerprint density at radius 2 is 1.75 bits per heavy atom. The van der Waals surface area contributed by atoms with Crippen LogP contribution in [0.1, 0.15) is 30.4 Å². The van der Waals surface area contributed by atoms with Crippen LogP contribution in [0.5, 0.6) is 0 Å². The van der Waals surface area contributed by atoms with Gasteiger partial charge in [0.05, 0.1) is 0 Å². The van der Waals surface area contributed by atoms with E-state index in [0.29, 0.717) is 5.02 Å². The molecule has 0 spiro atoms. The van der Waals surface area contributed by atoms with Crippen molar-refractivity contribution in [3.05, 3.63) is 28.3 Å². The van der Waals surface area contributed by atoms with Crippen LogP contribution in [-0.2, 0) is 37.5 Å². The second-order valence-electron chi connectivity index (χ2n) is 5.65. The van der Waals surface area contributed by atoms with Gasteiger partial charge in [0, 0.05) is 43.4 Å². The van der Waals surface area contributed by atoms with E-state index in [1.807, 2.05) is 45.0 Å². The molecule has 0 bridgehead atoms. The molecule has 1 aliphatic carbocycles. The Bertz CT molecular complexity index is 490. The number of nitrogens with zero attached hydrogens (tertiary/aromatic N) is 1. The fourth-order valence-corrected chi connectivity index (χ4v) is 3.05. The standard InChI is InChI=1S/C15H21ClN2O.Y/c1-10-8-12(16)9-11(2)13(10)17-14(19)15(18(3)4)6-5-7-15;/h8-9H,5-7H2,1-4H3,(H,17,19);. The largest absolute Gasteiger partial charge is 0.324 e. The number of amides is 1. The average Bonchev–Trinajstić information content (AvgIpc) is 2.20. The van der Waals surface area contributed by atoms with Crippen LogP contribution in [0.3, 0.4) is 0 Å². The molecule has 2 rings (SSSR count). The molecule has 0 saturated heterocycles. The fourth-order valence-electron chi connectivity index (χ4n) is 2.73. The smallest absolute Gasteiger partial charge is 0.244 e. The SMILES string of the molecule is Cc1cc(Cl)cc(C)c1NC(=O)C1(N(C)C)CCC1.[Y]. The first-order chi connectivity index (χ1) is 8.86. The Morgan fingerprint density at radius 3 is 2.10 bits per heavy atom. The summed E-state index contributed by atoms with van der Waals surface area (Å²) in [5, 5.41) is 3.80. The van der Waals surface area contributed by atoms with Crippen molar-refractivity contribution in [3.8, 4) is 0 Å². The maximum absolute atomic E-state index is 12.6. The molecule has 3 nitrogen and oxygen atoms in total. The molecule has 1 radical (unpaired) electrons. The zero-order valence-corrected chi connectivity index (χ0v) is 16.2. The van der Waals surface area contributed by atoms with E-state index in [-0.39, 0.29) is 44.2 Å². The topological polar surface area (TPSA) is 32.3 Å². The first kappa shape index (κ1) is 18.1. The van der Waals surface area contributed by atoms with Crippen molar-refractivity contribution in [3.63, 3.8) is 0 Å². The van der Waals surface area contributed by atoms with Crippen LogP contribution in [0.2, 0.25) is 5.02 Å². The normalized spacial score (nSPS) is 16.3. The molecule has 1 saturated carbocycles. The number of aryl methyl sites for hydroxylation is 2. The monoisotopic (exact) mass is 369 g/mol. The second-order valence-corrected chi connectivity index (χ2v) is 6.08. The molecule has 0 atom stereocenters. The van der Waals surface area contributed by atoms with Gasteiger partial charge in [0.2, 0.25) is 5.91 Å². The number of hydrogen-bond donors (Lipinski definition) is 1. The van der Waals surface area contributed by atoms with Crippen LogP contribution >= 0.6 is 11.6 Å². The number of nitrogens with one attached hydrogen (secondary N) is 1. The first-order valence-corrected chi connectivity index (χ1v) is 7.00. The average molecular weight is 370 g/mol. The van der Waals surface area contributed by atoms with Crippen molar-refractivity contribution in [1.82, 2.24) is 4.90 Å². The Labute approximate surface area is 151 Å². The third-order valence-corrected chi connectivity index (χ3v) is 4.41. The predicted molar refractivity (Wildman–Crippen MR) is 79.8 cm³/mol. The Morgan fingerprint density at radius 1 is 1.25 bits per heavy atom. The Balaban J connectivity index is 0.00000200. The summed E-state index contributed by atoms with van der Waals surface area (Å²) in [5.74, 6) is 0.0947. The molecule has 1 N–H and O–H groups in total. The zero-order chi connectivity index (χ0) is 14.2. The minimum atomic E-state index is -0.335. The Kier molecular flexibility index (Phi) is 6.21. The second kappa shape index (κ2) is 6.87. The number of carbonyl (C=O) groups excluding carboxylic acids is 1. The van der Waals surface area contributed by atoms with Gasteiger partial charge in [-0.2, -0.15) is 0 Å². The molecular formula is C15H21ClN2OY. The van der Waals surface area contributed by atoms with Gasteiger partial charge in [-0.1, -0.05) is 11.6 Å². The molecule has 0 aromatic heterocycles. The summed E-state index contributed by atoms with van der Waals surface area (Å²) in [5.41, 5.74) is 2.57. The van der Waals surface area contributed by atoms with E-state index >= 15 is 0 Å². The number of hydrogen-bond acceptors (Lipinski definition) is 2. The van der Waals surface area contributed by atoms with E-state index in [2.05, 4.69) is 5.32 Å². The predicted octanol–water partition coefficient (Wildman–Crippen LogP) is 3.38. The molecule has 107 valence electrons. The quantitative estimate of drug-likeness (QED) is 0.886. The van der Waals surface area contributed by atoms with Crippen LogP contribution in [0, 0.1) is 13.8 Å². The van der Waals surface area contributed by atoms with Gasteiger partial charge in [0.15, 0.2) is 0 Å². The third-order valence-electron chi connectivity index (χ3n) is 4.20. The van der Waals surface area contributed by atoms with Crippen LogP contribution in [0.15, 0.2) is 12.1 Å². The molecule has 0 unspecified atom stereocenters. The summed E-state index contributed by atoms with van der Waals surface area (Å²) in [7, 11) is 3.95. The van der Waals surface area contributed by atoms with Gasteiger partial charge in [-0.05, 0) is 70.5 Å². The zero-order valence-electron chi connectivity index (χ0n) is 12.6. The van der Waals surface area contributed by atoms with Crippen LogP contribution in [0.25, 0.3) is 0 Å². The van der Waals surface area contributed by atoms with E-state index in [1.54, 1.807) is 0 Å². The number of rotatable bonds is 3. The number of benzene rings is 1. The molecule has 1 aliphatic rings. The minimum absolute atomic E-state index is 0. The van der Waals surface area contributed by atoms with Crippen molar-refractivity contribution in [2.75, 3.05) is 19.4 Å². The van der Waals surface area contributed by atoms with Crippen molar-refractivity contribution < 1.29 is 37.5 Å². The van der Waals surface area contributed by atoms with E-state index in [1.165, 1.54) is 0 Å². The summed E-state index contributed by atoms with van der Waals surface area (Å²) in [4.78, 5) is 14.6. The number of carbonyl (C=O) groups is 1. The summed E-state index contributed by atoms with van der Waals surface area (Å²) in [6.07, 6.45) is 2.97. The van der Waals surface area contributed by atoms with Crippen LogP contribution in [-0.4, -0.2) is 30.4 Å². The molecule has 20 heavy (non-hydrogen) atoms.